The van der Waals surface area contributed by atoms with Gasteiger partial charge in [-0.1, -0.05) is 23.7 Å². The molecule has 0 saturated carbocycles. The first-order chi connectivity index (χ1) is 8.54. The Hall–Kier alpha value is -1.61. The first-order valence-corrected chi connectivity index (χ1v) is 6.26. The summed E-state index contributed by atoms with van der Waals surface area (Å²) in [7, 11) is 0. The van der Waals surface area contributed by atoms with E-state index in [2.05, 4.69) is 22.2 Å². The Kier molecular flexibility index (Phi) is 3.82. The molecule has 0 aliphatic heterocycles. The van der Waals surface area contributed by atoms with Crippen molar-refractivity contribution in [3.63, 3.8) is 0 Å². The fraction of sp³-hybridized carbons (Fsp3) is 0.286. The van der Waals surface area contributed by atoms with Gasteiger partial charge in [-0.25, -0.2) is 9.97 Å². The Balaban J connectivity index is 2.18. The molecule has 1 aromatic heterocycles. The highest BCUT2D eigenvalue weighted by Crippen LogP contribution is 2.20. The van der Waals surface area contributed by atoms with E-state index >= 15 is 0 Å². The Morgan fingerprint density at radius 2 is 1.78 bits per heavy atom. The number of anilines is 1. The van der Waals surface area contributed by atoms with E-state index in [-0.39, 0.29) is 6.04 Å². The second-order valence-corrected chi connectivity index (χ2v) is 4.83. The molecule has 1 unspecified atom stereocenters. The van der Waals surface area contributed by atoms with Gasteiger partial charge in [0, 0.05) is 16.4 Å². The average Bonchev–Trinajstić information content (AvgIpc) is 2.27. The molecule has 0 aliphatic rings. The van der Waals surface area contributed by atoms with Crippen molar-refractivity contribution in [3.8, 4) is 0 Å². The van der Waals surface area contributed by atoms with E-state index in [1.807, 2.05) is 44.2 Å². The largest absolute Gasteiger partial charge is 0.348 e. The standard InChI is InChI=1S/C14H16ClN3/c1-9-7-10(2)17-14(16-9)18-11(3)12-5-4-6-13(15)8-12/h4-8,11H,1-3H3,(H,16,17,18). The third kappa shape index (κ3) is 3.20. The molecular weight excluding hydrogens is 246 g/mol. The van der Waals surface area contributed by atoms with Gasteiger partial charge in [-0.3, -0.25) is 0 Å². The van der Waals surface area contributed by atoms with Gasteiger partial charge in [0.25, 0.3) is 0 Å². The molecule has 2 rings (SSSR count). The lowest BCUT2D eigenvalue weighted by Gasteiger charge is -2.15. The maximum absolute atomic E-state index is 5.98. The van der Waals surface area contributed by atoms with E-state index in [0.29, 0.717) is 5.95 Å². The molecule has 3 nitrogen and oxygen atoms in total. The molecule has 2 aromatic rings. The van der Waals surface area contributed by atoms with Crippen LogP contribution in [0.15, 0.2) is 30.3 Å². The summed E-state index contributed by atoms with van der Waals surface area (Å²) < 4.78 is 0. The van der Waals surface area contributed by atoms with Crippen LogP contribution in [-0.4, -0.2) is 9.97 Å². The minimum atomic E-state index is 0.116. The number of hydrogen-bond donors (Lipinski definition) is 1. The highest BCUT2D eigenvalue weighted by Gasteiger charge is 2.08. The van der Waals surface area contributed by atoms with E-state index < -0.39 is 0 Å². The highest BCUT2D eigenvalue weighted by atomic mass is 35.5. The van der Waals surface area contributed by atoms with Gasteiger partial charge in [-0.05, 0) is 44.5 Å². The van der Waals surface area contributed by atoms with Crippen molar-refractivity contribution < 1.29 is 0 Å². The number of hydrogen-bond acceptors (Lipinski definition) is 3. The van der Waals surface area contributed by atoms with E-state index in [4.69, 9.17) is 11.6 Å². The molecule has 18 heavy (non-hydrogen) atoms. The van der Waals surface area contributed by atoms with Gasteiger partial charge >= 0.3 is 0 Å². The lowest BCUT2D eigenvalue weighted by atomic mass is 10.1. The number of nitrogens with zero attached hydrogens (tertiary/aromatic N) is 2. The lowest BCUT2D eigenvalue weighted by molar-refractivity contribution is 0.853. The lowest BCUT2D eigenvalue weighted by Crippen LogP contribution is -2.10. The summed E-state index contributed by atoms with van der Waals surface area (Å²) in [6, 6.07) is 9.86. The molecule has 94 valence electrons. The second kappa shape index (κ2) is 5.36. The predicted molar refractivity (Wildman–Crippen MR) is 75.0 cm³/mol. The Labute approximate surface area is 112 Å². The molecule has 0 aliphatic carbocycles. The number of nitrogens with one attached hydrogen (secondary N) is 1. The molecule has 0 fully saturated rings. The molecule has 1 aromatic carbocycles. The van der Waals surface area contributed by atoms with Crippen molar-refractivity contribution in [1.82, 2.24) is 9.97 Å². The van der Waals surface area contributed by atoms with Crippen molar-refractivity contribution in [2.24, 2.45) is 0 Å². The summed E-state index contributed by atoms with van der Waals surface area (Å²) in [5, 5.41) is 4.02. The van der Waals surface area contributed by atoms with Crippen molar-refractivity contribution in [2.45, 2.75) is 26.8 Å². The van der Waals surface area contributed by atoms with E-state index in [9.17, 15) is 0 Å². The molecule has 0 radical (unpaired) electrons. The molecule has 0 spiro atoms. The van der Waals surface area contributed by atoms with Gasteiger partial charge < -0.3 is 5.32 Å². The number of benzene rings is 1. The van der Waals surface area contributed by atoms with Gasteiger partial charge in [0.1, 0.15) is 0 Å². The highest BCUT2D eigenvalue weighted by molar-refractivity contribution is 6.30. The SMILES string of the molecule is Cc1cc(C)nc(NC(C)c2cccc(Cl)c2)n1. The van der Waals surface area contributed by atoms with Crippen LogP contribution in [0.2, 0.25) is 5.02 Å². The van der Waals surface area contributed by atoms with Crippen LogP contribution in [0.1, 0.15) is 29.9 Å². The van der Waals surface area contributed by atoms with Gasteiger partial charge in [-0.2, -0.15) is 0 Å². The Morgan fingerprint density at radius 1 is 1.11 bits per heavy atom. The van der Waals surface area contributed by atoms with Crippen molar-refractivity contribution >= 4 is 17.5 Å². The van der Waals surface area contributed by atoms with Crippen LogP contribution in [0.5, 0.6) is 0 Å². The van der Waals surface area contributed by atoms with Crippen molar-refractivity contribution in [1.29, 1.82) is 0 Å². The van der Waals surface area contributed by atoms with Crippen molar-refractivity contribution in [3.05, 3.63) is 52.3 Å². The maximum Gasteiger partial charge on any atom is 0.223 e. The van der Waals surface area contributed by atoms with Gasteiger partial charge in [0.2, 0.25) is 5.95 Å². The third-order valence-corrected chi connectivity index (χ3v) is 2.91. The molecule has 0 bridgehead atoms. The zero-order valence-electron chi connectivity index (χ0n) is 10.7. The topological polar surface area (TPSA) is 37.8 Å². The van der Waals surface area contributed by atoms with E-state index in [0.717, 1.165) is 22.0 Å². The number of aromatic nitrogens is 2. The molecule has 1 heterocycles. The Bertz CT molecular complexity index is 534. The average molecular weight is 262 g/mol. The second-order valence-electron chi connectivity index (χ2n) is 4.40. The van der Waals surface area contributed by atoms with Gasteiger partial charge in [0.05, 0.1) is 6.04 Å². The predicted octanol–water partition coefficient (Wildman–Crippen LogP) is 3.92. The minimum Gasteiger partial charge on any atom is -0.348 e. The van der Waals surface area contributed by atoms with Crippen LogP contribution < -0.4 is 5.32 Å². The summed E-state index contributed by atoms with van der Waals surface area (Å²) in [5.74, 6) is 0.653. The first-order valence-electron chi connectivity index (χ1n) is 5.89. The smallest absolute Gasteiger partial charge is 0.223 e. The molecule has 4 heteroatoms. The fourth-order valence-corrected chi connectivity index (χ4v) is 2.04. The number of aryl methyl sites for hydroxylation is 2. The number of halogens is 1. The monoisotopic (exact) mass is 261 g/mol. The Morgan fingerprint density at radius 3 is 2.39 bits per heavy atom. The van der Waals surface area contributed by atoms with Crippen LogP contribution in [0.25, 0.3) is 0 Å². The van der Waals surface area contributed by atoms with Gasteiger partial charge in [-0.15, -0.1) is 0 Å². The molecular formula is C14H16ClN3. The summed E-state index contributed by atoms with van der Waals surface area (Å²) in [5.41, 5.74) is 3.04. The molecule has 1 atom stereocenters. The van der Waals surface area contributed by atoms with Crippen LogP contribution in [-0.2, 0) is 0 Å². The van der Waals surface area contributed by atoms with E-state index in [1.165, 1.54) is 0 Å². The van der Waals surface area contributed by atoms with E-state index in [1.54, 1.807) is 0 Å². The molecule has 0 saturated heterocycles. The normalized spacial score (nSPS) is 12.2. The van der Waals surface area contributed by atoms with Crippen LogP contribution in [0.4, 0.5) is 5.95 Å². The van der Waals surface area contributed by atoms with Crippen LogP contribution in [0, 0.1) is 13.8 Å². The molecule has 0 amide bonds. The van der Waals surface area contributed by atoms with Crippen LogP contribution >= 0.6 is 11.6 Å². The maximum atomic E-state index is 5.98. The fourth-order valence-electron chi connectivity index (χ4n) is 1.84. The first kappa shape index (κ1) is 12.8. The third-order valence-electron chi connectivity index (χ3n) is 2.68. The zero-order chi connectivity index (χ0) is 13.1. The summed E-state index contributed by atoms with van der Waals surface area (Å²) in [4.78, 5) is 8.73. The minimum absolute atomic E-state index is 0.116. The van der Waals surface area contributed by atoms with Gasteiger partial charge in [0.15, 0.2) is 0 Å². The summed E-state index contributed by atoms with van der Waals surface area (Å²) in [6.45, 7) is 5.99. The number of rotatable bonds is 3. The quantitative estimate of drug-likeness (QED) is 0.910. The van der Waals surface area contributed by atoms with Crippen LogP contribution in [0.3, 0.4) is 0 Å². The summed E-state index contributed by atoms with van der Waals surface area (Å²) >= 11 is 5.98. The van der Waals surface area contributed by atoms with Crippen molar-refractivity contribution in [2.75, 3.05) is 5.32 Å². The zero-order valence-corrected chi connectivity index (χ0v) is 11.5. The molecule has 1 N–H and O–H groups in total. The summed E-state index contributed by atoms with van der Waals surface area (Å²) in [6.07, 6.45) is 0.